The van der Waals surface area contributed by atoms with Gasteiger partial charge in [0.2, 0.25) is 10.0 Å². The molecule has 0 unspecified atom stereocenters. The van der Waals surface area contributed by atoms with Gasteiger partial charge in [-0.15, -0.1) is 0 Å². The van der Waals surface area contributed by atoms with Crippen LogP contribution >= 0.6 is 27.3 Å². The summed E-state index contributed by atoms with van der Waals surface area (Å²) in [4.78, 5) is 16.2. The highest BCUT2D eigenvalue weighted by atomic mass is 79.9. The number of hydrogen-bond acceptors (Lipinski definition) is 5. The zero-order valence-electron chi connectivity index (χ0n) is 11.2. The minimum Gasteiger partial charge on any atom is -0.298 e. The van der Waals surface area contributed by atoms with E-state index < -0.39 is 10.0 Å². The molecule has 0 saturated heterocycles. The molecule has 6 nitrogen and oxygen atoms in total. The number of halogens is 1. The number of hydrogen-bond donors (Lipinski definition) is 2. The van der Waals surface area contributed by atoms with Crippen LogP contribution in [0.3, 0.4) is 0 Å². The molecule has 3 N–H and O–H groups in total. The monoisotopic (exact) mass is 389 g/mol. The van der Waals surface area contributed by atoms with Crippen molar-refractivity contribution in [3.63, 3.8) is 0 Å². The molecule has 1 heterocycles. The highest BCUT2D eigenvalue weighted by molar-refractivity contribution is 9.10. The van der Waals surface area contributed by atoms with Crippen LogP contribution in [0, 0.1) is 13.8 Å². The van der Waals surface area contributed by atoms with Crippen molar-refractivity contribution in [2.45, 2.75) is 18.1 Å². The van der Waals surface area contributed by atoms with E-state index in [0.717, 1.165) is 21.4 Å². The third kappa shape index (κ3) is 3.67. The fourth-order valence-electron chi connectivity index (χ4n) is 1.70. The molecule has 112 valence electrons. The van der Waals surface area contributed by atoms with Crippen molar-refractivity contribution in [1.82, 2.24) is 4.98 Å². The Morgan fingerprint density at radius 3 is 2.62 bits per heavy atom. The maximum Gasteiger partial charge on any atom is 0.257 e. The van der Waals surface area contributed by atoms with Crippen molar-refractivity contribution in [2.24, 2.45) is 5.14 Å². The summed E-state index contributed by atoms with van der Waals surface area (Å²) in [6.45, 7) is 3.33. The van der Waals surface area contributed by atoms with E-state index in [9.17, 15) is 13.2 Å². The van der Waals surface area contributed by atoms with Crippen LogP contribution < -0.4 is 10.5 Å². The van der Waals surface area contributed by atoms with Crippen molar-refractivity contribution in [2.75, 3.05) is 5.32 Å². The number of nitrogens with zero attached hydrogens (tertiary/aromatic N) is 1. The number of amides is 1. The fourth-order valence-corrected chi connectivity index (χ4v) is 3.92. The molecule has 1 aromatic heterocycles. The zero-order chi connectivity index (χ0) is 15.8. The Balaban J connectivity index is 2.30. The maximum atomic E-state index is 12.2. The predicted molar refractivity (Wildman–Crippen MR) is 85.1 cm³/mol. The van der Waals surface area contributed by atoms with Crippen molar-refractivity contribution in [1.29, 1.82) is 0 Å². The number of anilines is 1. The SMILES string of the molecule is Cc1ccc(Br)cc1C(=O)Nc1nc(C)c(S(N)(=O)=O)s1. The van der Waals surface area contributed by atoms with E-state index in [1.807, 2.05) is 19.1 Å². The molecule has 9 heteroatoms. The molecule has 0 bridgehead atoms. The zero-order valence-corrected chi connectivity index (χ0v) is 14.4. The van der Waals surface area contributed by atoms with Crippen LogP contribution in [0.15, 0.2) is 26.9 Å². The van der Waals surface area contributed by atoms with Gasteiger partial charge in [-0.1, -0.05) is 33.3 Å². The van der Waals surface area contributed by atoms with Gasteiger partial charge in [0.15, 0.2) is 9.34 Å². The van der Waals surface area contributed by atoms with Gasteiger partial charge in [-0.25, -0.2) is 18.5 Å². The first-order valence-electron chi connectivity index (χ1n) is 5.76. The van der Waals surface area contributed by atoms with Crippen LogP contribution in [0.1, 0.15) is 21.6 Å². The summed E-state index contributed by atoms with van der Waals surface area (Å²) in [5.74, 6) is -0.358. The molecule has 0 aliphatic carbocycles. The van der Waals surface area contributed by atoms with Gasteiger partial charge in [-0.2, -0.15) is 0 Å². The van der Waals surface area contributed by atoms with E-state index in [1.54, 1.807) is 6.07 Å². The fraction of sp³-hybridized carbons (Fsp3) is 0.167. The smallest absolute Gasteiger partial charge is 0.257 e. The van der Waals surface area contributed by atoms with Crippen molar-refractivity contribution >= 4 is 48.3 Å². The number of nitrogens with one attached hydrogen (secondary N) is 1. The second kappa shape index (κ2) is 5.84. The quantitative estimate of drug-likeness (QED) is 0.840. The Morgan fingerprint density at radius 2 is 2.05 bits per heavy atom. The molecular formula is C12H12BrN3O3S2. The van der Waals surface area contributed by atoms with Gasteiger partial charge in [0.1, 0.15) is 0 Å². The summed E-state index contributed by atoms with van der Waals surface area (Å²) in [6.07, 6.45) is 0. The van der Waals surface area contributed by atoms with E-state index in [4.69, 9.17) is 5.14 Å². The third-order valence-electron chi connectivity index (χ3n) is 2.68. The molecule has 2 rings (SSSR count). The molecule has 0 fully saturated rings. The van der Waals surface area contributed by atoms with Gasteiger partial charge in [0, 0.05) is 10.0 Å². The summed E-state index contributed by atoms with van der Waals surface area (Å²) < 4.78 is 23.4. The van der Waals surface area contributed by atoms with Crippen LogP contribution in [0.2, 0.25) is 0 Å². The minimum atomic E-state index is -3.83. The molecule has 0 radical (unpaired) electrons. The van der Waals surface area contributed by atoms with Crippen molar-refractivity contribution in [3.05, 3.63) is 39.5 Å². The summed E-state index contributed by atoms with van der Waals surface area (Å²) in [5, 5.41) is 7.86. The second-order valence-electron chi connectivity index (χ2n) is 4.35. The van der Waals surface area contributed by atoms with E-state index in [-0.39, 0.29) is 20.9 Å². The topological polar surface area (TPSA) is 102 Å². The number of aromatic nitrogens is 1. The van der Waals surface area contributed by atoms with Crippen LogP contribution in [0.4, 0.5) is 5.13 Å². The summed E-state index contributed by atoms with van der Waals surface area (Å²) in [5.41, 5.74) is 1.55. The number of carbonyl (C=O) groups is 1. The van der Waals surface area contributed by atoms with Crippen molar-refractivity contribution < 1.29 is 13.2 Å². The number of sulfonamides is 1. The standard InChI is InChI=1S/C12H12BrN3O3S2/c1-6-3-4-8(13)5-9(6)10(17)16-12-15-7(2)11(20-12)21(14,18)19/h3-5H,1-2H3,(H2,14,18,19)(H,15,16,17). The van der Waals surface area contributed by atoms with E-state index in [2.05, 4.69) is 26.2 Å². The summed E-state index contributed by atoms with van der Waals surface area (Å²) >= 11 is 4.13. The Bertz CT molecular complexity index is 815. The van der Waals surface area contributed by atoms with Gasteiger partial charge in [-0.05, 0) is 31.5 Å². The largest absolute Gasteiger partial charge is 0.298 e. The highest BCUT2D eigenvalue weighted by Gasteiger charge is 2.19. The van der Waals surface area contributed by atoms with Gasteiger partial charge in [-0.3, -0.25) is 10.1 Å². The van der Waals surface area contributed by atoms with E-state index >= 15 is 0 Å². The first kappa shape index (κ1) is 16.1. The van der Waals surface area contributed by atoms with Gasteiger partial charge >= 0.3 is 0 Å². The number of carbonyl (C=O) groups excluding carboxylic acids is 1. The summed E-state index contributed by atoms with van der Waals surface area (Å²) in [6, 6.07) is 5.33. The summed E-state index contributed by atoms with van der Waals surface area (Å²) in [7, 11) is -3.83. The molecule has 0 saturated carbocycles. The van der Waals surface area contributed by atoms with Gasteiger partial charge in [0.05, 0.1) is 5.69 Å². The normalized spacial score (nSPS) is 11.4. The lowest BCUT2D eigenvalue weighted by atomic mass is 10.1. The number of primary sulfonamides is 1. The van der Waals surface area contributed by atoms with E-state index in [0.29, 0.717) is 5.56 Å². The predicted octanol–water partition coefficient (Wildman–Crippen LogP) is 2.42. The first-order valence-corrected chi connectivity index (χ1v) is 8.92. The molecule has 1 aromatic carbocycles. The Hall–Kier alpha value is -1.29. The first-order chi connectivity index (χ1) is 9.68. The maximum absolute atomic E-state index is 12.2. The molecule has 21 heavy (non-hydrogen) atoms. The second-order valence-corrected chi connectivity index (χ2v) is 8.02. The third-order valence-corrected chi connectivity index (χ3v) is 5.80. The molecule has 0 spiro atoms. The highest BCUT2D eigenvalue weighted by Crippen LogP contribution is 2.27. The van der Waals surface area contributed by atoms with Crippen molar-refractivity contribution in [3.8, 4) is 0 Å². The Kier molecular flexibility index (Phi) is 4.47. The van der Waals surface area contributed by atoms with E-state index in [1.165, 1.54) is 6.92 Å². The van der Waals surface area contributed by atoms with Crippen LogP contribution in [-0.2, 0) is 10.0 Å². The molecule has 2 aromatic rings. The van der Waals surface area contributed by atoms with Crippen LogP contribution in [-0.4, -0.2) is 19.3 Å². The molecule has 0 aliphatic rings. The Labute approximate surface area is 134 Å². The van der Waals surface area contributed by atoms with Gasteiger partial charge < -0.3 is 0 Å². The molecular weight excluding hydrogens is 378 g/mol. The lowest BCUT2D eigenvalue weighted by molar-refractivity contribution is 0.102. The van der Waals surface area contributed by atoms with Crippen LogP contribution in [0.5, 0.6) is 0 Å². The number of benzene rings is 1. The number of rotatable bonds is 3. The van der Waals surface area contributed by atoms with Gasteiger partial charge in [0.25, 0.3) is 5.91 Å². The number of thiazole rings is 1. The number of aryl methyl sites for hydroxylation is 2. The van der Waals surface area contributed by atoms with Crippen LogP contribution in [0.25, 0.3) is 0 Å². The molecule has 0 aliphatic heterocycles. The Morgan fingerprint density at radius 1 is 1.38 bits per heavy atom. The molecule has 0 atom stereocenters. The average Bonchev–Trinajstić information content (AvgIpc) is 2.73. The average molecular weight is 390 g/mol. The minimum absolute atomic E-state index is 0.0521. The molecule has 1 amide bonds. The lowest BCUT2D eigenvalue weighted by Gasteiger charge is -2.05. The lowest BCUT2D eigenvalue weighted by Crippen LogP contribution is -2.13. The number of nitrogens with two attached hydrogens (primary N) is 1.